The number of nitrogens with zero attached hydrogens (tertiary/aromatic N) is 1. The molecule has 3 rings (SSSR count). The van der Waals surface area contributed by atoms with Gasteiger partial charge in [0.15, 0.2) is 0 Å². The van der Waals surface area contributed by atoms with E-state index in [1.165, 1.54) is 45.2 Å². The number of halogens is 1. The van der Waals surface area contributed by atoms with E-state index in [0.29, 0.717) is 6.04 Å². The van der Waals surface area contributed by atoms with Gasteiger partial charge in [0.25, 0.3) is 0 Å². The van der Waals surface area contributed by atoms with E-state index >= 15 is 0 Å². The SMILES string of the molecule is ClC[C@@H]1CCCN1CC1CC2CCC1C2. The van der Waals surface area contributed by atoms with Crippen molar-refractivity contribution in [2.24, 2.45) is 17.8 Å². The second-order valence-corrected chi connectivity index (χ2v) is 6.19. The van der Waals surface area contributed by atoms with Gasteiger partial charge in [0, 0.05) is 18.5 Å². The molecule has 0 aromatic rings. The molecule has 1 aliphatic heterocycles. The minimum atomic E-state index is 0.700. The highest BCUT2D eigenvalue weighted by Gasteiger charge is 2.40. The van der Waals surface area contributed by atoms with Gasteiger partial charge in [-0.15, -0.1) is 11.6 Å². The van der Waals surface area contributed by atoms with E-state index in [-0.39, 0.29) is 0 Å². The Morgan fingerprint density at radius 3 is 2.73 bits per heavy atom. The number of alkyl halides is 1. The van der Waals surface area contributed by atoms with Crippen LogP contribution in [0.15, 0.2) is 0 Å². The van der Waals surface area contributed by atoms with Crippen molar-refractivity contribution >= 4 is 11.6 Å². The van der Waals surface area contributed by atoms with Crippen LogP contribution in [-0.4, -0.2) is 29.9 Å². The van der Waals surface area contributed by atoms with Crippen molar-refractivity contribution < 1.29 is 0 Å². The molecule has 2 bridgehead atoms. The van der Waals surface area contributed by atoms with Crippen molar-refractivity contribution in [1.82, 2.24) is 4.90 Å². The van der Waals surface area contributed by atoms with Gasteiger partial charge < -0.3 is 0 Å². The third-order valence-corrected chi connectivity index (χ3v) is 5.39. The molecule has 1 heterocycles. The minimum Gasteiger partial charge on any atom is -0.299 e. The molecule has 15 heavy (non-hydrogen) atoms. The fourth-order valence-corrected chi connectivity index (χ4v) is 4.56. The fraction of sp³-hybridized carbons (Fsp3) is 1.00. The molecular formula is C13H22ClN. The van der Waals surface area contributed by atoms with Gasteiger partial charge >= 0.3 is 0 Å². The highest BCUT2D eigenvalue weighted by Crippen LogP contribution is 2.48. The molecule has 3 unspecified atom stereocenters. The number of rotatable bonds is 3. The number of fused-ring (bicyclic) bond motifs is 2. The van der Waals surface area contributed by atoms with Gasteiger partial charge in [-0.05, 0) is 56.4 Å². The van der Waals surface area contributed by atoms with E-state index in [0.717, 1.165) is 23.6 Å². The average molecular weight is 228 g/mol. The maximum absolute atomic E-state index is 6.03. The number of hydrogen-bond acceptors (Lipinski definition) is 1. The van der Waals surface area contributed by atoms with Gasteiger partial charge in [0.05, 0.1) is 0 Å². The molecule has 0 aromatic carbocycles. The summed E-state index contributed by atoms with van der Waals surface area (Å²) in [6, 6.07) is 0.700. The van der Waals surface area contributed by atoms with E-state index in [4.69, 9.17) is 11.6 Å². The Labute approximate surface area is 98.2 Å². The molecule has 2 aliphatic carbocycles. The molecule has 1 nitrogen and oxygen atoms in total. The Bertz CT molecular complexity index is 227. The minimum absolute atomic E-state index is 0.700. The van der Waals surface area contributed by atoms with E-state index < -0.39 is 0 Å². The second-order valence-electron chi connectivity index (χ2n) is 5.88. The Morgan fingerprint density at radius 2 is 2.07 bits per heavy atom. The van der Waals surface area contributed by atoms with E-state index in [1.807, 2.05) is 0 Å². The predicted molar refractivity (Wildman–Crippen MR) is 64.3 cm³/mol. The first-order chi connectivity index (χ1) is 7.36. The third-order valence-electron chi connectivity index (χ3n) is 5.03. The standard InChI is InChI=1S/C13H22ClN/c14-8-13-2-1-5-15(13)9-12-7-10-3-4-11(12)6-10/h10-13H,1-9H2/t10?,11?,12?,13-/m0/s1. The Morgan fingerprint density at radius 1 is 1.13 bits per heavy atom. The van der Waals surface area contributed by atoms with Crippen LogP contribution in [0.4, 0.5) is 0 Å². The van der Waals surface area contributed by atoms with Gasteiger partial charge in [-0.2, -0.15) is 0 Å². The molecule has 3 aliphatic rings. The number of hydrogen-bond donors (Lipinski definition) is 0. The molecule has 1 saturated heterocycles. The van der Waals surface area contributed by atoms with Crippen molar-refractivity contribution in [3.05, 3.63) is 0 Å². The molecule has 0 spiro atoms. The van der Waals surface area contributed by atoms with Crippen molar-refractivity contribution in [2.45, 2.75) is 44.6 Å². The average Bonchev–Trinajstić information content (AvgIpc) is 2.92. The Hall–Kier alpha value is 0.250. The topological polar surface area (TPSA) is 3.24 Å². The molecule has 0 amide bonds. The predicted octanol–water partition coefficient (Wildman–Crippen LogP) is 3.13. The molecular weight excluding hydrogens is 206 g/mol. The van der Waals surface area contributed by atoms with Crippen LogP contribution in [0, 0.1) is 17.8 Å². The molecule has 86 valence electrons. The summed E-state index contributed by atoms with van der Waals surface area (Å²) in [4.78, 5) is 2.68. The molecule has 0 radical (unpaired) electrons. The summed E-state index contributed by atoms with van der Waals surface area (Å²) in [5.41, 5.74) is 0. The summed E-state index contributed by atoms with van der Waals surface area (Å²) in [6.07, 6.45) is 8.83. The highest BCUT2D eigenvalue weighted by molar-refractivity contribution is 6.18. The quantitative estimate of drug-likeness (QED) is 0.670. The summed E-state index contributed by atoms with van der Waals surface area (Å²) < 4.78 is 0. The van der Waals surface area contributed by atoms with Crippen molar-refractivity contribution in [3.8, 4) is 0 Å². The monoisotopic (exact) mass is 227 g/mol. The van der Waals surface area contributed by atoms with Gasteiger partial charge in [0.2, 0.25) is 0 Å². The smallest absolute Gasteiger partial charge is 0.0379 e. The lowest BCUT2D eigenvalue weighted by Gasteiger charge is -2.30. The summed E-state index contributed by atoms with van der Waals surface area (Å²) >= 11 is 6.03. The number of likely N-dealkylation sites (tertiary alicyclic amines) is 1. The van der Waals surface area contributed by atoms with Crippen LogP contribution >= 0.6 is 11.6 Å². The zero-order valence-corrected chi connectivity index (χ0v) is 10.3. The Balaban J connectivity index is 1.56. The van der Waals surface area contributed by atoms with Crippen LogP contribution in [0.25, 0.3) is 0 Å². The molecule has 0 N–H and O–H groups in total. The zero-order chi connectivity index (χ0) is 10.3. The summed E-state index contributed by atoms with van der Waals surface area (Å²) in [7, 11) is 0. The molecule has 4 atom stereocenters. The maximum Gasteiger partial charge on any atom is 0.0379 e. The van der Waals surface area contributed by atoms with Crippen LogP contribution in [0.1, 0.15) is 38.5 Å². The van der Waals surface area contributed by atoms with E-state index in [1.54, 1.807) is 6.42 Å². The Kier molecular flexibility index (Phi) is 2.95. The van der Waals surface area contributed by atoms with Crippen LogP contribution in [0.2, 0.25) is 0 Å². The van der Waals surface area contributed by atoms with Gasteiger partial charge in [0.1, 0.15) is 0 Å². The molecule has 0 aromatic heterocycles. The van der Waals surface area contributed by atoms with Gasteiger partial charge in [-0.3, -0.25) is 4.90 Å². The van der Waals surface area contributed by atoms with Crippen LogP contribution in [0.3, 0.4) is 0 Å². The van der Waals surface area contributed by atoms with Crippen molar-refractivity contribution in [1.29, 1.82) is 0 Å². The van der Waals surface area contributed by atoms with Crippen molar-refractivity contribution in [3.63, 3.8) is 0 Å². The van der Waals surface area contributed by atoms with Crippen LogP contribution in [0.5, 0.6) is 0 Å². The van der Waals surface area contributed by atoms with E-state index in [2.05, 4.69) is 4.90 Å². The summed E-state index contributed by atoms with van der Waals surface area (Å²) in [5.74, 6) is 4.04. The molecule has 2 heteroatoms. The van der Waals surface area contributed by atoms with Gasteiger partial charge in [-0.25, -0.2) is 0 Å². The lowest BCUT2D eigenvalue weighted by atomic mass is 9.88. The summed E-state index contributed by atoms with van der Waals surface area (Å²) in [5, 5.41) is 0. The lowest BCUT2D eigenvalue weighted by Crippen LogP contribution is -2.36. The first kappa shape index (κ1) is 10.4. The first-order valence-corrected chi connectivity index (χ1v) is 7.20. The van der Waals surface area contributed by atoms with Crippen LogP contribution in [-0.2, 0) is 0 Å². The van der Waals surface area contributed by atoms with E-state index in [9.17, 15) is 0 Å². The fourth-order valence-electron chi connectivity index (χ4n) is 4.21. The highest BCUT2D eigenvalue weighted by atomic mass is 35.5. The first-order valence-electron chi connectivity index (χ1n) is 6.67. The van der Waals surface area contributed by atoms with Crippen molar-refractivity contribution in [2.75, 3.05) is 19.0 Å². The molecule has 2 saturated carbocycles. The van der Waals surface area contributed by atoms with Crippen LogP contribution < -0.4 is 0 Å². The lowest BCUT2D eigenvalue weighted by molar-refractivity contribution is 0.187. The maximum atomic E-state index is 6.03. The third kappa shape index (κ3) is 1.93. The molecule has 3 fully saturated rings. The van der Waals surface area contributed by atoms with Gasteiger partial charge in [-0.1, -0.05) is 6.42 Å². The second kappa shape index (κ2) is 4.25. The summed E-state index contributed by atoms with van der Waals surface area (Å²) in [6.45, 7) is 2.67. The normalized spacial score (nSPS) is 45.4. The zero-order valence-electron chi connectivity index (χ0n) is 9.50. The largest absolute Gasteiger partial charge is 0.299 e.